The number of amides is 1. The van der Waals surface area contributed by atoms with Gasteiger partial charge in [-0.25, -0.2) is 0 Å². The molecule has 3 N–H and O–H groups in total. The van der Waals surface area contributed by atoms with Crippen molar-refractivity contribution in [3.05, 3.63) is 0 Å². The van der Waals surface area contributed by atoms with Gasteiger partial charge in [-0.2, -0.15) is 0 Å². The summed E-state index contributed by atoms with van der Waals surface area (Å²) in [6, 6.07) is 0. The Kier molecular flexibility index (Phi) is 3.16. The second-order valence-electron chi connectivity index (χ2n) is 7.82. The van der Waals surface area contributed by atoms with Gasteiger partial charge in [0.1, 0.15) is 0 Å². The van der Waals surface area contributed by atoms with Gasteiger partial charge < -0.3 is 11.1 Å². The highest BCUT2D eigenvalue weighted by atomic mass is 16.2. The van der Waals surface area contributed by atoms with Crippen LogP contribution >= 0.6 is 0 Å². The number of hydrogen-bond donors (Lipinski definition) is 2. The summed E-state index contributed by atoms with van der Waals surface area (Å²) in [5, 5.41) is 3.39. The molecule has 1 atom stereocenters. The average molecular weight is 264 g/mol. The van der Waals surface area contributed by atoms with E-state index in [-0.39, 0.29) is 11.4 Å². The van der Waals surface area contributed by atoms with E-state index in [1.165, 1.54) is 38.5 Å². The quantitative estimate of drug-likeness (QED) is 0.820. The van der Waals surface area contributed by atoms with Gasteiger partial charge in [-0.3, -0.25) is 4.79 Å². The summed E-state index contributed by atoms with van der Waals surface area (Å²) >= 11 is 0. The van der Waals surface area contributed by atoms with E-state index in [1.54, 1.807) is 0 Å². The summed E-state index contributed by atoms with van der Waals surface area (Å²) in [4.78, 5) is 12.5. The first-order valence-corrected chi connectivity index (χ1v) is 8.04. The zero-order valence-electron chi connectivity index (χ0n) is 12.4. The van der Waals surface area contributed by atoms with Crippen molar-refractivity contribution in [2.24, 2.45) is 23.5 Å². The van der Waals surface area contributed by atoms with Crippen molar-refractivity contribution in [3.8, 4) is 0 Å². The van der Waals surface area contributed by atoms with Crippen LogP contribution in [0, 0.1) is 17.8 Å². The highest BCUT2D eigenvalue weighted by molar-refractivity contribution is 5.86. The minimum Gasteiger partial charge on any atom is -0.349 e. The van der Waals surface area contributed by atoms with Crippen LogP contribution < -0.4 is 11.1 Å². The molecule has 4 fully saturated rings. The van der Waals surface area contributed by atoms with Crippen LogP contribution in [0.5, 0.6) is 0 Å². The maximum absolute atomic E-state index is 12.5. The molecule has 4 bridgehead atoms. The van der Waals surface area contributed by atoms with Gasteiger partial charge in [-0.15, -0.1) is 0 Å². The van der Waals surface area contributed by atoms with Crippen molar-refractivity contribution >= 4 is 5.91 Å². The van der Waals surface area contributed by atoms with Crippen LogP contribution in [0.1, 0.15) is 65.2 Å². The summed E-state index contributed by atoms with van der Waals surface area (Å²) in [6.45, 7) is 3.97. The molecule has 0 aromatic rings. The van der Waals surface area contributed by atoms with Gasteiger partial charge in [-0.05, 0) is 69.6 Å². The summed E-state index contributed by atoms with van der Waals surface area (Å²) in [6.07, 6.45) is 9.55. The fraction of sp³-hybridized carbons (Fsp3) is 0.938. The monoisotopic (exact) mass is 264 g/mol. The second kappa shape index (κ2) is 4.47. The van der Waals surface area contributed by atoms with E-state index in [2.05, 4.69) is 12.2 Å². The zero-order chi connectivity index (χ0) is 13.7. The van der Waals surface area contributed by atoms with Gasteiger partial charge in [0.15, 0.2) is 0 Å². The van der Waals surface area contributed by atoms with E-state index in [4.69, 9.17) is 5.73 Å². The molecule has 0 aromatic carbocycles. The van der Waals surface area contributed by atoms with E-state index in [9.17, 15) is 4.79 Å². The molecule has 0 radical (unpaired) electrons. The molecule has 0 spiro atoms. The molecular weight excluding hydrogens is 236 g/mol. The molecule has 0 heterocycles. The van der Waals surface area contributed by atoms with Crippen molar-refractivity contribution in [1.29, 1.82) is 0 Å². The minimum absolute atomic E-state index is 0.0799. The lowest BCUT2D eigenvalue weighted by molar-refractivity contribution is -0.131. The van der Waals surface area contributed by atoms with E-state index in [1.807, 2.05) is 6.92 Å². The Morgan fingerprint density at radius 3 is 2.11 bits per heavy atom. The molecule has 1 unspecified atom stereocenters. The minimum atomic E-state index is -0.696. The standard InChI is InChI=1S/C16H28N2O/c1-3-4-15(2,17)14(19)18-16-8-11-5-12(9-16)7-13(6-11)10-16/h11-13H,3-10,17H2,1-2H3,(H,18,19). The average Bonchev–Trinajstić information content (AvgIpc) is 2.25. The van der Waals surface area contributed by atoms with Crippen molar-refractivity contribution < 1.29 is 4.79 Å². The SMILES string of the molecule is CCCC(C)(N)C(=O)NC12CC3CC(CC(C3)C1)C2. The molecule has 1 amide bonds. The normalized spacial score (nSPS) is 43.0. The lowest BCUT2D eigenvalue weighted by Crippen LogP contribution is -2.64. The van der Waals surface area contributed by atoms with E-state index in [0.29, 0.717) is 0 Å². The molecule has 3 nitrogen and oxygen atoms in total. The van der Waals surface area contributed by atoms with Crippen LogP contribution in [0.25, 0.3) is 0 Å². The third-order valence-corrected chi connectivity index (χ3v) is 5.70. The molecule has 0 aliphatic heterocycles. The summed E-state index contributed by atoms with van der Waals surface area (Å²) in [7, 11) is 0. The highest BCUT2D eigenvalue weighted by Crippen LogP contribution is 2.55. The first-order valence-electron chi connectivity index (χ1n) is 8.04. The van der Waals surface area contributed by atoms with Crippen LogP contribution in [-0.4, -0.2) is 17.0 Å². The van der Waals surface area contributed by atoms with Crippen LogP contribution in [-0.2, 0) is 4.79 Å². The molecule has 4 rings (SSSR count). The molecular formula is C16H28N2O. The molecule has 3 heteroatoms. The van der Waals surface area contributed by atoms with Crippen LogP contribution in [0.4, 0.5) is 0 Å². The Balaban J connectivity index is 1.71. The van der Waals surface area contributed by atoms with Crippen molar-refractivity contribution in [3.63, 3.8) is 0 Å². The molecule has 108 valence electrons. The number of carbonyl (C=O) groups is 1. The molecule has 4 aliphatic rings. The highest BCUT2D eigenvalue weighted by Gasteiger charge is 2.52. The Morgan fingerprint density at radius 2 is 1.68 bits per heavy atom. The van der Waals surface area contributed by atoms with Gasteiger partial charge in [-0.1, -0.05) is 13.3 Å². The van der Waals surface area contributed by atoms with Crippen LogP contribution in [0.2, 0.25) is 0 Å². The van der Waals surface area contributed by atoms with Gasteiger partial charge >= 0.3 is 0 Å². The smallest absolute Gasteiger partial charge is 0.240 e. The first-order chi connectivity index (χ1) is 8.92. The Hall–Kier alpha value is -0.570. The van der Waals surface area contributed by atoms with E-state index >= 15 is 0 Å². The van der Waals surface area contributed by atoms with E-state index in [0.717, 1.165) is 30.6 Å². The van der Waals surface area contributed by atoms with Gasteiger partial charge in [0.05, 0.1) is 5.54 Å². The second-order valence-corrected chi connectivity index (χ2v) is 7.82. The Labute approximate surface area is 116 Å². The number of hydrogen-bond acceptors (Lipinski definition) is 2. The van der Waals surface area contributed by atoms with Gasteiger partial charge in [0.25, 0.3) is 0 Å². The summed E-state index contributed by atoms with van der Waals surface area (Å²) in [5.74, 6) is 2.67. The number of carbonyl (C=O) groups excluding carboxylic acids is 1. The Morgan fingerprint density at radius 1 is 1.21 bits per heavy atom. The number of nitrogens with two attached hydrogens (primary N) is 1. The third-order valence-electron chi connectivity index (χ3n) is 5.70. The predicted molar refractivity (Wildman–Crippen MR) is 76.5 cm³/mol. The number of rotatable bonds is 4. The molecule has 0 saturated heterocycles. The molecule has 0 aromatic heterocycles. The van der Waals surface area contributed by atoms with Crippen LogP contribution in [0.3, 0.4) is 0 Å². The molecule has 4 aliphatic carbocycles. The largest absolute Gasteiger partial charge is 0.349 e. The molecule has 19 heavy (non-hydrogen) atoms. The van der Waals surface area contributed by atoms with Crippen molar-refractivity contribution in [2.45, 2.75) is 76.3 Å². The topological polar surface area (TPSA) is 55.1 Å². The predicted octanol–water partition coefficient (Wildman–Crippen LogP) is 2.59. The summed E-state index contributed by atoms with van der Waals surface area (Å²) in [5.41, 5.74) is 5.59. The maximum atomic E-state index is 12.5. The fourth-order valence-corrected chi connectivity index (χ4v) is 5.28. The van der Waals surface area contributed by atoms with Gasteiger partial charge in [0, 0.05) is 5.54 Å². The first kappa shape index (κ1) is 13.4. The third kappa shape index (κ3) is 2.42. The number of nitrogens with one attached hydrogen (secondary N) is 1. The van der Waals surface area contributed by atoms with Crippen LogP contribution in [0.15, 0.2) is 0 Å². The lowest BCUT2D eigenvalue weighted by Gasteiger charge is -2.57. The van der Waals surface area contributed by atoms with Crippen molar-refractivity contribution in [2.75, 3.05) is 0 Å². The fourth-order valence-electron chi connectivity index (χ4n) is 5.28. The summed E-state index contributed by atoms with van der Waals surface area (Å²) < 4.78 is 0. The maximum Gasteiger partial charge on any atom is 0.240 e. The molecule has 4 saturated carbocycles. The lowest BCUT2D eigenvalue weighted by atomic mass is 9.53. The van der Waals surface area contributed by atoms with E-state index < -0.39 is 5.54 Å². The van der Waals surface area contributed by atoms with Crippen molar-refractivity contribution in [1.82, 2.24) is 5.32 Å². The zero-order valence-corrected chi connectivity index (χ0v) is 12.4. The Bertz CT molecular complexity index is 340. The van der Waals surface area contributed by atoms with Gasteiger partial charge in [0.2, 0.25) is 5.91 Å².